The van der Waals surface area contributed by atoms with E-state index in [9.17, 15) is 18.0 Å². The zero-order chi connectivity index (χ0) is 24.8. The maximum Gasteiger partial charge on any atom is 0.422 e. The summed E-state index contributed by atoms with van der Waals surface area (Å²) >= 11 is 2.81. The zero-order valence-electron chi connectivity index (χ0n) is 19.8. The Hall–Kier alpha value is -1.98. The second kappa shape index (κ2) is 11.8. The third-order valence-electron chi connectivity index (χ3n) is 6.52. The number of thiazole rings is 2. The predicted molar refractivity (Wildman–Crippen MR) is 132 cm³/mol. The Morgan fingerprint density at radius 2 is 2.00 bits per heavy atom. The van der Waals surface area contributed by atoms with Gasteiger partial charge in [0.15, 0.2) is 6.61 Å². The minimum absolute atomic E-state index is 0.0443. The van der Waals surface area contributed by atoms with Crippen LogP contribution in [0.2, 0.25) is 0 Å². The molecule has 0 radical (unpaired) electrons. The normalized spacial score (nSPS) is 21.6. The smallest absolute Gasteiger partial charge is 0.422 e. The highest BCUT2D eigenvalue weighted by atomic mass is 32.1. The van der Waals surface area contributed by atoms with E-state index in [4.69, 9.17) is 4.74 Å². The van der Waals surface area contributed by atoms with Crippen LogP contribution in [-0.4, -0.2) is 59.2 Å². The van der Waals surface area contributed by atoms with Crippen LogP contribution in [0.4, 0.5) is 13.2 Å². The Morgan fingerprint density at radius 3 is 2.71 bits per heavy atom. The molecule has 192 valence electrons. The lowest BCUT2D eigenvalue weighted by atomic mass is 9.84. The van der Waals surface area contributed by atoms with Gasteiger partial charge in [-0.25, -0.2) is 9.97 Å². The van der Waals surface area contributed by atoms with Crippen LogP contribution in [0.1, 0.15) is 52.6 Å². The first-order valence-electron chi connectivity index (χ1n) is 12.0. The predicted octanol–water partition coefficient (Wildman–Crippen LogP) is 5.03. The van der Waals surface area contributed by atoms with Crippen molar-refractivity contribution in [1.82, 2.24) is 20.2 Å². The lowest BCUT2D eigenvalue weighted by molar-refractivity contribution is -0.153. The Bertz CT molecular complexity index is 987. The van der Waals surface area contributed by atoms with Crippen molar-refractivity contribution < 1.29 is 22.7 Å². The topological polar surface area (TPSA) is 67.4 Å². The van der Waals surface area contributed by atoms with Crippen molar-refractivity contribution in [3.05, 3.63) is 32.7 Å². The van der Waals surface area contributed by atoms with Gasteiger partial charge >= 0.3 is 6.18 Å². The van der Waals surface area contributed by atoms with Gasteiger partial charge in [-0.15, -0.1) is 11.3 Å². The first kappa shape index (κ1) is 26.1. The number of nitrogens with one attached hydrogen (secondary N) is 1. The molecule has 2 aromatic rings. The van der Waals surface area contributed by atoms with E-state index in [1.807, 2.05) is 13.0 Å². The molecule has 3 heterocycles. The minimum Gasteiger partial charge on any atom is -0.460 e. The number of aryl methyl sites for hydroxylation is 1. The summed E-state index contributed by atoms with van der Waals surface area (Å²) in [6.07, 6.45) is 7.77. The summed E-state index contributed by atoms with van der Waals surface area (Å²) in [4.78, 5) is 25.2. The molecule has 1 saturated carbocycles. The van der Waals surface area contributed by atoms with Gasteiger partial charge in [-0.2, -0.15) is 13.2 Å². The van der Waals surface area contributed by atoms with E-state index in [2.05, 4.69) is 20.2 Å². The average molecular weight is 529 g/mol. The molecule has 0 atom stereocenters. The molecule has 0 unspecified atom stereocenters. The van der Waals surface area contributed by atoms with Crippen LogP contribution < -0.4 is 10.1 Å². The summed E-state index contributed by atoms with van der Waals surface area (Å²) in [7, 11) is 0. The average Bonchev–Trinajstić information content (AvgIpc) is 3.36. The molecule has 1 aliphatic heterocycles. The number of amides is 1. The van der Waals surface area contributed by atoms with Crippen LogP contribution in [0.15, 0.2) is 12.3 Å². The lowest BCUT2D eigenvalue weighted by Crippen LogP contribution is -2.37. The highest BCUT2D eigenvalue weighted by Gasteiger charge is 2.30. The summed E-state index contributed by atoms with van der Waals surface area (Å²) in [5.41, 5.74) is 0.880. The minimum atomic E-state index is -4.34. The molecule has 2 aliphatic rings. The van der Waals surface area contributed by atoms with Gasteiger partial charge in [0.25, 0.3) is 5.19 Å². The number of nitrogens with zero attached hydrogens (tertiary/aromatic N) is 3. The van der Waals surface area contributed by atoms with E-state index in [0.717, 1.165) is 85.0 Å². The highest BCUT2D eigenvalue weighted by Crippen LogP contribution is 2.31. The van der Waals surface area contributed by atoms with E-state index in [-0.39, 0.29) is 17.1 Å². The van der Waals surface area contributed by atoms with Crippen molar-refractivity contribution in [2.45, 2.75) is 64.1 Å². The quantitative estimate of drug-likeness (QED) is 0.487. The summed E-state index contributed by atoms with van der Waals surface area (Å²) in [5, 5.41) is 4.24. The number of alkyl halides is 3. The van der Waals surface area contributed by atoms with Gasteiger partial charge in [0.2, 0.25) is 5.91 Å². The van der Waals surface area contributed by atoms with Crippen LogP contribution in [0.3, 0.4) is 0 Å². The largest absolute Gasteiger partial charge is 0.460 e. The molecule has 4 rings (SSSR count). The molecule has 11 heteroatoms. The molecule has 2 aromatic heterocycles. The van der Waals surface area contributed by atoms with E-state index in [1.54, 1.807) is 23.6 Å². The second-order valence-electron chi connectivity index (χ2n) is 9.23. The Morgan fingerprint density at radius 1 is 1.23 bits per heavy atom. The Labute approximate surface area is 211 Å². The number of aromatic nitrogens is 2. The summed E-state index contributed by atoms with van der Waals surface area (Å²) in [6, 6.07) is 0.237. The van der Waals surface area contributed by atoms with Gasteiger partial charge in [-0.3, -0.25) is 4.79 Å². The van der Waals surface area contributed by atoms with Crippen molar-refractivity contribution >= 4 is 34.7 Å². The maximum atomic E-state index is 12.4. The molecule has 0 bridgehead atoms. The third-order valence-corrected chi connectivity index (χ3v) is 8.47. The van der Waals surface area contributed by atoms with Gasteiger partial charge in [0.05, 0.1) is 10.7 Å². The molecule has 0 aromatic carbocycles. The van der Waals surface area contributed by atoms with E-state index in [0.29, 0.717) is 5.92 Å². The van der Waals surface area contributed by atoms with E-state index < -0.39 is 12.8 Å². The number of hydrogen-bond acceptors (Lipinski definition) is 7. The van der Waals surface area contributed by atoms with Crippen LogP contribution in [-0.2, 0) is 17.6 Å². The first-order valence-corrected chi connectivity index (χ1v) is 13.7. The molecule has 1 amide bonds. The molecular weight excluding hydrogens is 497 g/mol. The Kier molecular flexibility index (Phi) is 8.82. The number of fused-ring (bicyclic) bond motifs is 1. The van der Waals surface area contributed by atoms with Crippen molar-refractivity contribution in [2.75, 3.05) is 26.2 Å². The monoisotopic (exact) mass is 528 g/mol. The van der Waals surface area contributed by atoms with Crippen molar-refractivity contribution in [2.24, 2.45) is 5.92 Å². The molecule has 1 fully saturated rings. The van der Waals surface area contributed by atoms with Gasteiger partial charge in [0, 0.05) is 47.6 Å². The lowest BCUT2D eigenvalue weighted by Gasteiger charge is -2.30. The molecule has 6 nitrogen and oxygen atoms in total. The Balaban J connectivity index is 1.13. The maximum absolute atomic E-state index is 12.4. The summed E-state index contributed by atoms with van der Waals surface area (Å²) < 4.78 is 41.9. The molecule has 0 saturated heterocycles. The number of rotatable bonds is 8. The van der Waals surface area contributed by atoms with E-state index in [1.165, 1.54) is 11.3 Å². The third kappa shape index (κ3) is 8.28. The standard InChI is InChI=1S/C24H31F3N4O2S2/c1-16-28-14-19(34-16)6-7-22(32)29-18-4-2-17(3-5-18)8-11-31-12-9-20-21(10-13-31)35-23(30-20)33-15-24(25,26)27/h6-7,14,17-18H,2-5,8-13,15H2,1H3,(H,29,32)/b7-6+. The van der Waals surface area contributed by atoms with Crippen molar-refractivity contribution in [3.8, 4) is 5.19 Å². The SMILES string of the molecule is Cc1ncc(/C=C/C(=O)NC2CCC(CCN3CCc4nc(OCC(F)(F)F)sc4CC3)CC2)s1. The summed E-state index contributed by atoms with van der Waals surface area (Å²) in [6.45, 7) is 3.43. The van der Waals surface area contributed by atoms with Crippen LogP contribution >= 0.6 is 22.7 Å². The van der Waals surface area contributed by atoms with Crippen LogP contribution in [0.5, 0.6) is 5.19 Å². The van der Waals surface area contributed by atoms with Gasteiger partial charge in [-0.05, 0) is 64.0 Å². The first-order chi connectivity index (χ1) is 16.7. The number of hydrogen-bond donors (Lipinski definition) is 1. The molecule has 35 heavy (non-hydrogen) atoms. The van der Waals surface area contributed by atoms with E-state index >= 15 is 0 Å². The van der Waals surface area contributed by atoms with Gasteiger partial charge in [-0.1, -0.05) is 11.3 Å². The zero-order valence-corrected chi connectivity index (χ0v) is 21.4. The molecule has 1 N–H and O–H groups in total. The fourth-order valence-corrected chi connectivity index (χ4v) is 6.27. The number of carbonyl (C=O) groups is 1. The molecule has 0 spiro atoms. The second-order valence-corrected chi connectivity index (χ2v) is 11.5. The molecule has 1 aliphatic carbocycles. The summed E-state index contributed by atoms with van der Waals surface area (Å²) in [5.74, 6) is 0.619. The fourth-order valence-electron chi connectivity index (χ4n) is 4.64. The molecular formula is C24H31F3N4O2S2. The highest BCUT2D eigenvalue weighted by molar-refractivity contribution is 7.13. The van der Waals surface area contributed by atoms with Gasteiger partial charge in [0.1, 0.15) is 0 Å². The van der Waals surface area contributed by atoms with Crippen LogP contribution in [0, 0.1) is 12.8 Å². The number of halogens is 3. The van der Waals surface area contributed by atoms with Gasteiger partial charge < -0.3 is 15.0 Å². The number of carbonyl (C=O) groups excluding carboxylic acids is 1. The number of ether oxygens (including phenoxy) is 1. The van der Waals surface area contributed by atoms with Crippen molar-refractivity contribution in [3.63, 3.8) is 0 Å². The van der Waals surface area contributed by atoms with Crippen LogP contribution in [0.25, 0.3) is 6.08 Å². The van der Waals surface area contributed by atoms with Crippen molar-refractivity contribution in [1.29, 1.82) is 0 Å². The fraction of sp³-hybridized carbons (Fsp3) is 0.625.